The summed E-state index contributed by atoms with van der Waals surface area (Å²) < 4.78 is 6.41. The summed E-state index contributed by atoms with van der Waals surface area (Å²) >= 11 is 1.16. The topological polar surface area (TPSA) is 125 Å². The van der Waals surface area contributed by atoms with Gasteiger partial charge in [0, 0.05) is 11.1 Å². The Hall–Kier alpha value is -2.69. The van der Waals surface area contributed by atoms with E-state index in [4.69, 9.17) is 4.74 Å². The van der Waals surface area contributed by atoms with Gasteiger partial charge in [-0.15, -0.1) is 0 Å². The third-order valence-corrected chi connectivity index (χ3v) is 5.93. The summed E-state index contributed by atoms with van der Waals surface area (Å²) in [6.07, 6.45) is -3.72. The fraction of sp³-hybridized carbons (Fsp3) is 0.238. The van der Waals surface area contributed by atoms with Gasteiger partial charge in [0.05, 0.1) is 11.5 Å². The van der Waals surface area contributed by atoms with Gasteiger partial charge in [-0.25, -0.2) is 4.79 Å². The zero-order valence-corrected chi connectivity index (χ0v) is 16.5. The van der Waals surface area contributed by atoms with Gasteiger partial charge in [-0.05, 0) is 23.3 Å². The Balaban J connectivity index is 1.60. The zero-order chi connectivity index (χ0) is 21.3. The highest BCUT2D eigenvalue weighted by Crippen LogP contribution is 2.31. The normalized spacial score (nSPS) is 23.6. The number of ether oxygens (including phenoxy) is 1. The number of benzene rings is 2. The predicted molar refractivity (Wildman–Crippen MR) is 110 cm³/mol. The largest absolute Gasteiger partial charge is 0.394 e. The van der Waals surface area contributed by atoms with Gasteiger partial charge in [-0.3, -0.25) is 14.3 Å². The van der Waals surface area contributed by atoms with E-state index in [1.165, 1.54) is 6.20 Å². The molecule has 1 aromatic heterocycles. The molecule has 0 radical (unpaired) electrons. The van der Waals surface area contributed by atoms with Crippen LogP contribution in [0, 0.1) is 0 Å². The maximum Gasteiger partial charge on any atom is 0.330 e. The quantitative estimate of drug-likeness (QED) is 0.477. The molecule has 0 unspecified atom stereocenters. The number of aliphatic hydroxyl groups is 3. The molecule has 2 heterocycles. The summed E-state index contributed by atoms with van der Waals surface area (Å²) in [7, 11) is 0. The Labute approximate surface area is 175 Å². The van der Waals surface area contributed by atoms with Crippen LogP contribution in [0.15, 0.2) is 80.2 Å². The Morgan fingerprint density at radius 2 is 1.63 bits per heavy atom. The number of aliphatic hydroxyl groups excluding tert-OH is 3. The highest BCUT2D eigenvalue weighted by Gasteiger charge is 2.43. The molecule has 0 amide bonds. The van der Waals surface area contributed by atoms with E-state index >= 15 is 0 Å². The third-order valence-electron chi connectivity index (χ3n) is 4.92. The summed E-state index contributed by atoms with van der Waals surface area (Å²) in [6, 6.07) is 17.5. The minimum absolute atomic E-state index is 0.222. The number of aromatic nitrogens is 2. The molecule has 4 rings (SSSR count). The minimum atomic E-state index is -1.42. The van der Waals surface area contributed by atoms with Crippen molar-refractivity contribution in [3.05, 3.63) is 81.6 Å². The van der Waals surface area contributed by atoms with Crippen LogP contribution in [0.5, 0.6) is 0 Å². The van der Waals surface area contributed by atoms with Crippen molar-refractivity contribution in [2.45, 2.75) is 34.3 Å². The molecular formula is C21H20N2O6S. The molecule has 2 aromatic carbocycles. The van der Waals surface area contributed by atoms with Crippen LogP contribution in [0.4, 0.5) is 0 Å². The number of aromatic amines is 1. The molecule has 8 nitrogen and oxygen atoms in total. The van der Waals surface area contributed by atoms with Crippen LogP contribution in [0.2, 0.25) is 0 Å². The second kappa shape index (κ2) is 8.58. The highest BCUT2D eigenvalue weighted by molar-refractivity contribution is 7.99. The maximum atomic E-state index is 12.3. The summed E-state index contributed by atoms with van der Waals surface area (Å²) in [6.45, 7) is -0.512. The average Bonchev–Trinajstić information content (AvgIpc) is 3.05. The van der Waals surface area contributed by atoms with Gasteiger partial charge in [-0.1, -0.05) is 54.2 Å². The number of H-pyrrole nitrogens is 1. The molecule has 156 valence electrons. The smallest absolute Gasteiger partial charge is 0.330 e. The van der Waals surface area contributed by atoms with E-state index in [0.29, 0.717) is 0 Å². The van der Waals surface area contributed by atoms with Crippen molar-refractivity contribution in [3.63, 3.8) is 0 Å². The van der Waals surface area contributed by atoms with E-state index in [0.717, 1.165) is 32.4 Å². The van der Waals surface area contributed by atoms with Gasteiger partial charge in [-0.2, -0.15) is 0 Å². The van der Waals surface area contributed by atoms with Crippen molar-refractivity contribution < 1.29 is 20.1 Å². The summed E-state index contributed by atoms with van der Waals surface area (Å²) in [5.41, 5.74) is 0.758. The van der Waals surface area contributed by atoms with Crippen LogP contribution in [0.25, 0.3) is 11.1 Å². The van der Waals surface area contributed by atoms with Crippen molar-refractivity contribution in [3.8, 4) is 11.1 Å². The monoisotopic (exact) mass is 428 g/mol. The molecule has 3 aromatic rings. The van der Waals surface area contributed by atoms with Gasteiger partial charge in [0.2, 0.25) is 0 Å². The molecule has 0 saturated carbocycles. The van der Waals surface area contributed by atoms with E-state index in [1.54, 1.807) is 0 Å². The van der Waals surface area contributed by atoms with E-state index < -0.39 is 42.4 Å². The second-order valence-corrected chi connectivity index (χ2v) is 8.00. The Bertz CT molecular complexity index is 1130. The van der Waals surface area contributed by atoms with Crippen molar-refractivity contribution >= 4 is 11.8 Å². The lowest BCUT2D eigenvalue weighted by Crippen LogP contribution is -2.38. The molecule has 1 saturated heterocycles. The molecule has 1 aliphatic heterocycles. The Morgan fingerprint density at radius 1 is 0.967 bits per heavy atom. The summed E-state index contributed by atoms with van der Waals surface area (Å²) in [4.78, 5) is 27.7. The second-order valence-electron chi connectivity index (χ2n) is 6.88. The lowest BCUT2D eigenvalue weighted by Gasteiger charge is -2.17. The summed E-state index contributed by atoms with van der Waals surface area (Å²) in [5, 5.41) is 29.4. The van der Waals surface area contributed by atoms with Gasteiger partial charge in [0.25, 0.3) is 5.56 Å². The average molecular weight is 428 g/mol. The fourth-order valence-electron chi connectivity index (χ4n) is 3.31. The number of hydrogen-bond donors (Lipinski definition) is 4. The Morgan fingerprint density at radius 3 is 2.27 bits per heavy atom. The molecule has 0 bridgehead atoms. The van der Waals surface area contributed by atoms with Crippen molar-refractivity contribution in [2.75, 3.05) is 6.61 Å². The minimum Gasteiger partial charge on any atom is -0.394 e. The van der Waals surface area contributed by atoms with Gasteiger partial charge in [0.1, 0.15) is 18.3 Å². The molecule has 0 spiro atoms. The molecular weight excluding hydrogens is 408 g/mol. The fourth-order valence-corrected chi connectivity index (χ4v) is 4.15. The van der Waals surface area contributed by atoms with E-state index in [9.17, 15) is 24.9 Å². The van der Waals surface area contributed by atoms with Gasteiger partial charge < -0.3 is 20.1 Å². The summed E-state index contributed by atoms with van der Waals surface area (Å²) in [5.74, 6) is 0. The number of nitrogens with one attached hydrogen (secondary N) is 1. The van der Waals surface area contributed by atoms with E-state index in [1.807, 2.05) is 54.6 Å². The number of rotatable bonds is 5. The van der Waals surface area contributed by atoms with Crippen LogP contribution in [-0.2, 0) is 4.74 Å². The molecule has 4 atom stereocenters. The van der Waals surface area contributed by atoms with E-state index in [-0.39, 0.29) is 4.90 Å². The van der Waals surface area contributed by atoms with Crippen molar-refractivity contribution in [2.24, 2.45) is 0 Å². The molecule has 30 heavy (non-hydrogen) atoms. The SMILES string of the molecule is O=c1[nH]c(=O)n([C@@H]2O[C@H](CO)[C@@H](O)[C@H]2O)cc1Sc1ccc(-c2ccccc2)cc1. The first-order valence-electron chi connectivity index (χ1n) is 9.29. The molecule has 1 fully saturated rings. The van der Waals surface area contributed by atoms with E-state index in [2.05, 4.69) is 4.98 Å². The molecule has 1 aliphatic rings. The van der Waals surface area contributed by atoms with Crippen LogP contribution >= 0.6 is 11.8 Å². The molecule has 0 aliphatic carbocycles. The maximum absolute atomic E-state index is 12.3. The third kappa shape index (κ3) is 3.98. The lowest BCUT2D eigenvalue weighted by atomic mass is 10.1. The molecule has 9 heteroatoms. The van der Waals surface area contributed by atoms with Crippen molar-refractivity contribution in [1.82, 2.24) is 9.55 Å². The first-order chi connectivity index (χ1) is 14.5. The molecule has 4 N–H and O–H groups in total. The van der Waals surface area contributed by atoms with Crippen LogP contribution in [0.1, 0.15) is 6.23 Å². The van der Waals surface area contributed by atoms with Gasteiger partial charge >= 0.3 is 5.69 Å². The van der Waals surface area contributed by atoms with Crippen LogP contribution in [0.3, 0.4) is 0 Å². The van der Waals surface area contributed by atoms with Crippen molar-refractivity contribution in [1.29, 1.82) is 0 Å². The van der Waals surface area contributed by atoms with Crippen LogP contribution < -0.4 is 11.2 Å². The predicted octanol–water partition coefficient (Wildman–Crippen LogP) is 0.966. The standard InChI is InChI=1S/C21H20N2O6S/c24-11-15-17(25)18(26)20(29-15)23-10-16(19(27)22-21(23)28)30-14-8-6-13(7-9-14)12-4-2-1-3-5-12/h1-10,15,17-18,20,24-26H,11H2,(H,22,27,28)/t15-,17-,18-,20-/m1/s1. The number of nitrogens with zero attached hydrogens (tertiary/aromatic N) is 1. The number of hydrogen-bond acceptors (Lipinski definition) is 7. The highest BCUT2D eigenvalue weighted by atomic mass is 32.2. The lowest BCUT2D eigenvalue weighted by molar-refractivity contribution is -0.0553. The van der Waals surface area contributed by atoms with Crippen LogP contribution in [-0.4, -0.2) is 49.8 Å². The zero-order valence-electron chi connectivity index (χ0n) is 15.7. The first-order valence-corrected chi connectivity index (χ1v) is 10.1. The Kier molecular flexibility index (Phi) is 5.89. The first kappa shape index (κ1) is 20.6. The van der Waals surface area contributed by atoms with Gasteiger partial charge in [0.15, 0.2) is 6.23 Å².